The van der Waals surface area contributed by atoms with Crippen LogP contribution in [0.3, 0.4) is 0 Å². The number of benzene rings is 1. The van der Waals surface area contributed by atoms with Crippen LogP contribution in [0.2, 0.25) is 0 Å². The number of thiazole rings is 1. The zero-order valence-electron chi connectivity index (χ0n) is 10.4. The fourth-order valence-electron chi connectivity index (χ4n) is 1.53. The fourth-order valence-corrected chi connectivity index (χ4v) is 2.38. The summed E-state index contributed by atoms with van der Waals surface area (Å²) in [6, 6.07) is 0.923. The van der Waals surface area contributed by atoms with Crippen molar-refractivity contribution in [1.29, 1.82) is 0 Å². The van der Waals surface area contributed by atoms with Crippen LogP contribution in [-0.2, 0) is 0 Å². The van der Waals surface area contributed by atoms with Gasteiger partial charge in [0.05, 0.1) is 0 Å². The van der Waals surface area contributed by atoms with Crippen LogP contribution in [0.1, 0.15) is 27.1 Å². The van der Waals surface area contributed by atoms with Crippen molar-refractivity contribution in [3.63, 3.8) is 0 Å². The van der Waals surface area contributed by atoms with Gasteiger partial charge < -0.3 is 10.4 Å². The number of carboxylic acids is 1. The van der Waals surface area contributed by atoms with Crippen LogP contribution in [-0.4, -0.2) is 21.8 Å². The van der Waals surface area contributed by atoms with E-state index < -0.39 is 40.6 Å². The molecule has 0 saturated heterocycles. The van der Waals surface area contributed by atoms with Crippen molar-refractivity contribution in [3.8, 4) is 0 Å². The maximum absolute atomic E-state index is 13.5. The van der Waals surface area contributed by atoms with Crippen LogP contribution in [0.5, 0.6) is 0 Å². The number of halogens is 3. The Hall–Kier alpha value is -2.42. The number of nitrogens with zero attached hydrogens (tertiary/aromatic N) is 1. The van der Waals surface area contributed by atoms with E-state index in [0.717, 1.165) is 6.92 Å². The lowest BCUT2D eigenvalue weighted by Gasteiger charge is -2.05. The molecular weight excluding hydrogens is 309 g/mol. The number of Topliss-reactive ketones (excluding diaryl/α,β-unsaturated/α-hetero) is 1. The highest BCUT2D eigenvalue weighted by molar-refractivity contribution is 7.17. The van der Waals surface area contributed by atoms with Crippen molar-refractivity contribution in [1.82, 2.24) is 4.98 Å². The number of carboxylic acid groups (broad SMARTS) is 1. The average Bonchev–Trinajstić information content (AvgIpc) is 2.78. The first-order chi connectivity index (χ1) is 9.79. The highest BCUT2D eigenvalue weighted by Gasteiger charge is 2.22. The number of carbonyl (C=O) groups is 2. The molecule has 0 saturated carbocycles. The molecule has 2 N–H and O–H groups in total. The molecule has 110 valence electrons. The number of anilines is 2. The topological polar surface area (TPSA) is 79.3 Å². The van der Waals surface area contributed by atoms with Gasteiger partial charge in [0.2, 0.25) is 0 Å². The van der Waals surface area contributed by atoms with Gasteiger partial charge in [-0.3, -0.25) is 4.79 Å². The Kier molecular flexibility index (Phi) is 3.94. The number of hydrogen-bond acceptors (Lipinski definition) is 5. The molecule has 1 heterocycles. The third-order valence-corrected chi connectivity index (χ3v) is 3.46. The van der Waals surface area contributed by atoms with E-state index in [1.54, 1.807) is 0 Å². The number of aromatic nitrogens is 1. The normalized spacial score (nSPS) is 10.5. The molecule has 0 unspecified atom stereocenters. The number of ketones is 1. The second-order valence-electron chi connectivity index (χ2n) is 3.93. The monoisotopic (exact) mass is 316 g/mol. The summed E-state index contributed by atoms with van der Waals surface area (Å²) >= 11 is 0.633. The van der Waals surface area contributed by atoms with Crippen LogP contribution >= 0.6 is 11.3 Å². The molecule has 2 rings (SSSR count). The average molecular weight is 316 g/mol. The van der Waals surface area contributed by atoms with Gasteiger partial charge in [0.15, 0.2) is 28.2 Å². The summed E-state index contributed by atoms with van der Waals surface area (Å²) < 4.78 is 39.7. The van der Waals surface area contributed by atoms with Crippen LogP contribution in [0.25, 0.3) is 0 Å². The van der Waals surface area contributed by atoms with Gasteiger partial charge in [0.1, 0.15) is 16.4 Å². The Bertz CT molecular complexity index is 691. The summed E-state index contributed by atoms with van der Waals surface area (Å²) in [5, 5.41) is 10.9. The van der Waals surface area contributed by atoms with E-state index >= 15 is 0 Å². The minimum Gasteiger partial charge on any atom is -0.476 e. The van der Waals surface area contributed by atoms with E-state index in [1.807, 2.05) is 0 Å². The molecule has 0 fully saturated rings. The van der Waals surface area contributed by atoms with Crippen molar-refractivity contribution < 1.29 is 27.9 Å². The van der Waals surface area contributed by atoms with Gasteiger partial charge in [-0.05, 0) is 0 Å². The van der Waals surface area contributed by atoms with Crippen molar-refractivity contribution in [2.45, 2.75) is 6.92 Å². The van der Waals surface area contributed by atoms with Gasteiger partial charge in [-0.15, -0.1) is 0 Å². The lowest BCUT2D eigenvalue weighted by molar-refractivity contribution is 0.0687. The lowest BCUT2D eigenvalue weighted by Crippen LogP contribution is -2.04. The van der Waals surface area contributed by atoms with E-state index in [-0.39, 0.29) is 10.0 Å². The standard InChI is InChI=1S/C12H7F3N2O3S/c1-4(18)10-9(11(19)20)17-12(21-10)16-8-6(14)2-5(13)3-7(8)15/h2-3H,1H3,(H,16,17)(H,19,20). The van der Waals surface area contributed by atoms with Crippen molar-refractivity contribution >= 4 is 33.9 Å². The maximum atomic E-state index is 13.5. The third-order valence-electron chi connectivity index (χ3n) is 2.39. The predicted octanol–water partition coefficient (Wildman–Crippen LogP) is 3.20. The zero-order valence-corrected chi connectivity index (χ0v) is 11.2. The molecule has 21 heavy (non-hydrogen) atoms. The highest BCUT2D eigenvalue weighted by atomic mass is 32.1. The van der Waals surface area contributed by atoms with Gasteiger partial charge in [-0.2, -0.15) is 0 Å². The van der Waals surface area contributed by atoms with Gasteiger partial charge in [0, 0.05) is 19.1 Å². The van der Waals surface area contributed by atoms with Crippen molar-refractivity contribution in [3.05, 3.63) is 40.2 Å². The molecule has 5 nitrogen and oxygen atoms in total. The third kappa shape index (κ3) is 3.02. The maximum Gasteiger partial charge on any atom is 0.356 e. The molecule has 1 aromatic carbocycles. The summed E-state index contributed by atoms with van der Waals surface area (Å²) in [6.45, 7) is 1.14. The Labute approximate surface area is 120 Å². The minimum absolute atomic E-state index is 0.159. The first kappa shape index (κ1) is 15.0. The Morgan fingerprint density at radius 3 is 2.24 bits per heavy atom. The summed E-state index contributed by atoms with van der Waals surface area (Å²) in [4.78, 5) is 25.7. The Morgan fingerprint density at radius 2 is 1.81 bits per heavy atom. The zero-order chi connectivity index (χ0) is 15.7. The van der Waals surface area contributed by atoms with E-state index in [4.69, 9.17) is 5.11 Å². The molecule has 2 aromatic rings. The number of nitrogens with one attached hydrogen (secondary N) is 1. The molecular formula is C12H7F3N2O3S. The first-order valence-electron chi connectivity index (χ1n) is 5.46. The molecule has 0 bridgehead atoms. The van der Waals surface area contributed by atoms with E-state index in [9.17, 15) is 22.8 Å². The number of aromatic carboxylic acids is 1. The second-order valence-corrected chi connectivity index (χ2v) is 4.93. The van der Waals surface area contributed by atoms with Crippen LogP contribution in [0.15, 0.2) is 12.1 Å². The van der Waals surface area contributed by atoms with E-state index in [2.05, 4.69) is 10.3 Å². The molecule has 0 radical (unpaired) electrons. The Balaban J connectivity index is 2.43. The van der Waals surface area contributed by atoms with Gasteiger partial charge in [-0.1, -0.05) is 11.3 Å². The van der Waals surface area contributed by atoms with Crippen LogP contribution in [0.4, 0.5) is 24.0 Å². The van der Waals surface area contributed by atoms with Crippen LogP contribution in [0, 0.1) is 17.5 Å². The molecule has 0 aliphatic rings. The van der Waals surface area contributed by atoms with Crippen molar-refractivity contribution in [2.75, 3.05) is 5.32 Å². The van der Waals surface area contributed by atoms with E-state index in [0.29, 0.717) is 23.5 Å². The second kappa shape index (κ2) is 5.52. The number of carbonyl (C=O) groups excluding carboxylic acids is 1. The number of hydrogen-bond donors (Lipinski definition) is 2. The van der Waals surface area contributed by atoms with Gasteiger partial charge in [-0.25, -0.2) is 22.9 Å². The lowest BCUT2D eigenvalue weighted by atomic mass is 10.3. The highest BCUT2D eigenvalue weighted by Crippen LogP contribution is 2.29. The van der Waals surface area contributed by atoms with Crippen molar-refractivity contribution in [2.24, 2.45) is 0 Å². The van der Waals surface area contributed by atoms with E-state index in [1.165, 1.54) is 0 Å². The quantitative estimate of drug-likeness (QED) is 0.847. The molecule has 1 aromatic heterocycles. The minimum atomic E-state index is -1.44. The molecule has 0 atom stereocenters. The first-order valence-corrected chi connectivity index (χ1v) is 6.28. The van der Waals surface area contributed by atoms with Gasteiger partial charge in [0.25, 0.3) is 0 Å². The molecule has 9 heteroatoms. The molecule has 0 amide bonds. The largest absolute Gasteiger partial charge is 0.476 e. The summed E-state index contributed by atoms with van der Waals surface area (Å²) in [6.07, 6.45) is 0. The fraction of sp³-hybridized carbons (Fsp3) is 0.0833. The van der Waals surface area contributed by atoms with Crippen LogP contribution < -0.4 is 5.32 Å². The predicted molar refractivity (Wildman–Crippen MR) is 68.7 cm³/mol. The number of rotatable bonds is 4. The summed E-state index contributed by atoms with van der Waals surface area (Å²) in [7, 11) is 0. The Morgan fingerprint density at radius 1 is 1.24 bits per heavy atom. The van der Waals surface area contributed by atoms with Gasteiger partial charge >= 0.3 is 5.97 Å². The molecule has 0 aliphatic carbocycles. The SMILES string of the molecule is CC(=O)c1sc(Nc2c(F)cc(F)cc2F)nc1C(=O)O. The smallest absolute Gasteiger partial charge is 0.356 e. The molecule has 0 spiro atoms. The summed E-state index contributed by atoms with van der Waals surface area (Å²) in [5.41, 5.74) is -1.20. The summed E-state index contributed by atoms with van der Waals surface area (Å²) in [5.74, 6) is -5.49. The molecule has 0 aliphatic heterocycles.